The zero-order valence-electron chi connectivity index (χ0n) is 10.6. The van der Waals surface area contributed by atoms with E-state index >= 15 is 0 Å². The second-order valence-corrected chi connectivity index (χ2v) is 6.24. The summed E-state index contributed by atoms with van der Waals surface area (Å²) in [5.74, 6) is 5.75. The Bertz CT molecular complexity index is 429. The van der Waals surface area contributed by atoms with E-state index in [2.05, 4.69) is 11.5 Å². The van der Waals surface area contributed by atoms with Crippen LogP contribution in [0.5, 0.6) is 0 Å². The lowest BCUT2D eigenvalue weighted by Gasteiger charge is -2.21. The predicted molar refractivity (Wildman–Crippen MR) is 74.3 cm³/mol. The number of nitrogens with two attached hydrogens (primary N) is 1. The molecule has 1 unspecified atom stereocenters. The van der Waals surface area contributed by atoms with Crippen molar-refractivity contribution in [2.75, 3.05) is 6.61 Å². The summed E-state index contributed by atoms with van der Waals surface area (Å²) in [7, 11) is 0. The molecule has 0 saturated heterocycles. The number of fused-ring (bicyclic) bond motifs is 1. The van der Waals surface area contributed by atoms with Crippen LogP contribution in [-0.4, -0.2) is 6.61 Å². The average molecular weight is 264 g/mol. The monoisotopic (exact) mass is 264 g/mol. The molecule has 0 spiro atoms. The number of aryl methyl sites for hydroxylation is 2. The molecule has 2 aliphatic rings. The SMILES string of the molecule is NNC(C1=COCCC1)c1cc2c(s1)CCCC2. The van der Waals surface area contributed by atoms with Gasteiger partial charge in [-0.2, -0.15) is 0 Å². The van der Waals surface area contributed by atoms with Crippen LogP contribution < -0.4 is 11.3 Å². The molecule has 1 aromatic heterocycles. The Kier molecular flexibility index (Phi) is 3.68. The first-order valence-electron chi connectivity index (χ1n) is 6.76. The van der Waals surface area contributed by atoms with Crippen molar-refractivity contribution in [1.82, 2.24) is 5.43 Å². The van der Waals surface area contributed by atoms with Crippen LogP contribution in [0.1, 0.15) is 47.0 Å². The summed E-state index contributed by atoms with van der Waals surface area (Å²) >= 11 is 1.92. The van der Waals surface area contributed by atoms with Crippen LogP contribution in [-0.2, 0) is 17.6 Å². The van der Waals surface area contributed by atoms with Gasteiger partial charge < -0.3 is 4.74 Å². The van der Waals surface area contributed by atoms with E-state index in [0.717, 1.165) is 19.4 Å². The minimum absolute atomic E-state index is 0.140. The fourth-order valence-corrected chi connectivity index (χ4v) is 4.19. The number of thiophene rings is 1. The van der Waals surface area contributed by atoms with Gasteiger partial charge in [0.05, 0.1) is 18.9 Å². The molecule has 0 aromatic carbocycles. The van der Waals surface area contributed by atoms with E-state index in [-0.39, 0.29) is 6.04 Å². The molecule has 0 amide bonds. The van der Waals surface area contributed by atoms with E-state index in [9.17, 15) is 0 Å². The van der Waals surface area contributed by atoms with E-state index in [1.54, 1.807) is 10.4 Å². The van der Waals surface area contributed by atoms with E-state index in [0.29, 0.717) is 0 Å². The van der Waals surface area contributed by atoms with Crippen LogP contribution >= 0.6 is 11.3 Å². The number of hydrogen-bond donors (Lipinski definition) is 2. The summed E-state index contributed by atoms with van der Waals surface area (Å²) in [6.45, 7) is 0.835. The first kappa shape index (κ1) is 12.2. The standard InChI is InChI=1S/C14H20N2OS/c15-16-14(11-5-3-7-17-9-11)13-8-10-4-1-2-6-12(10)18-13/h8-9,14,16H,1-7,15H2. The van der Waals surface area contributed by atoms with Crippen LogP contribution in [0.4, 0.5) is 0 Å². The van der Waals surface area contributed by atoms with Crippen LogP contribution in [0.3, 0.4) is 0 Å². The van der Waals surface area contributed by atoms with Gasteiger partial charge in [0, 0.05) is 9.75 Å². The van der Waals surface area contributed by atoms with Crippen molar-refractivity contribution in [3.8, 4) is 0 Å². The van der Waals surface area contributed by atoms with E-state index in [1.807, 2.05) is 17.6 Å². The van der Waals surface area contributed by atoms with Gasteiger partial charge in [0.15, 0.2) is 0 Å². The fraction of sp³-hybridized carbons (Fsp3) is 0.571. The minimum Gasteiger partial charge on any atom is -0.501 e. The third-order valence-electron chi connectivity index (χ3n) is 3.80. The highest BCUT2D eigenvalue weighted by molar-refractivity contribution is 7.12. The summed E-state index contributed by atoms with van der Waals surface area (Å²) in [5, 5.41) is 0. The highest BCUT2D eigenvalue weighted by Gasteiger charge is 2.22. The number of hydrogen-bond acceptors (Lipinski definition) is 4. The Labute approximate surface area is 112 Å². The molecule has 1 aromatic rings. The maximum atomic E-state index is 5.75. The van der Waals surface area contributed by atoms with Crippen LogP contribution in [0.25, 0.3) is 0 Å². The molecule has 0 radical (unpaired) electrons. The molecule has 3 nitrogen and oxygen atoms in total. The molecule has 4 heteroatoms. The molecule has 98 valence electrons. The van der Waals surface area contributed by atoms with Crippen molar-refractivity contribution in [3.63, 3.8) is 0 Å². The summed E-state index contributed by atoms with van der Waals surface area (Å²) in [5.41, 5.74) is 5.78. The number of ether oxygens (including phenoxy) is 1. The van der Waals surface area contributed by atoms with Gasteiger partial charge >= 0.3 is 0 Å². The van der Waals surface area contributed by atoms with Gasteiger partial charge in [-0.25, -0.2) is 5.43 Å². The third kappa shape index (κ3) is 2.32. The predicted octanol–water partition coefficient (Wildman–Crippen LogP) is 2.83. The van der Waals surface area contributed by atoms with Crippen molar-refractivity contribution in [3.05, 3.63) is 33.2 Å². The van der Waals surface area contributed by atoms with Gasteiger partial charge in [-0.3, -0.25) is 5.84 Å². The fourth-order valence-electron chi connectivity index (χ4n) is 2.82. The largest absolute Gasteiger partial charge is 0.501 e. The Balaban J connectivity index is 1.86. The van der Waals surface area contributed by atoms with Crippen molar-refractivity contribution < 1.29 is 4.74 Å². The average Bonchev–Trinajstić information content (AvgIpc) is 2.84. The lowest BCUT2D eigenvalue weighted by molar-refractivity contribution is 0.219. The Morgan fingerprint density at radius 2 is 2.11 bits per heavy atom. The maximum Gasteiger partial charge on any atom is 0.0876 e. The van der Waals surface area contributed by atoms with Gasteiger partial charge in [-0.1, -0.05) is 0 Å². The van der Waals surface area contributed by atoms with Gasteiger partial charge in [0.25, 0.3) is 0 Å². The number of hydrazine groups is 1. The van der Waals surface area contributed by atoms with E-state index in [1.165, 1.54) is 36.1 Å². The molecular weight excluding hydrogens is 244 g/mol. The highest BCUT2D eigenvalue weighted by Crippen LogP contribution is 2.36. The van der Waals surface area contributed by atoms with Gasteiger partial charge in [0.2, 0.25) is 0 Å². The third-order valence-corrected chi connectivity index (χ3v) is 5.10. The van der Waals surface area contributed by atoms with Crippen LogP contribution in [0, 0.1) is 0 Å². The Morgan fingerprint density at radius 1 is 1.22 bits per heavy atom. The van der Waals surface area contributed by atoms with Crippen molar-refractivity contribution in [2.45, 2.75) is 44.6 Å². The first-order valence-corrected chi connectivity index (χ1v) is 7.58. The normalized spacial score (nSPS) is 20.8. The molecule has 0 fully saturated rings. The summed E-state index contributed by atoms with van der Waals surface area (Å²) in [4.78, 5) is 2.91. The highest BCUT2D eigenvalue weighted by atomic mass is 32.1. The summed E-state index contributed by atoms with van der Waals surface area (Å²) in [6.07, 6.45) is 9.21. The quantitative estimate of drug-likeness (QED) is 0.652. The molecule has 1 aliphatic carbocycles. The molecule has 3 N–H and O–H groups in total. The van der Waals surface area contributed by atoms with Crippen LogP contribution in [0.15, 0.2) is 17.9 Å². The lowest BCUT2D eigenvalue weighted by atomic mass is 9.97. The van der Waals surface area contributed by atoms with Crippen molar-refractivity contribution >= 4 is 11.3 Å². The molecular formula is C14H20N2OS. The molecule has 3 rings (SSSR count). The first-order chi connectivity index (χ1) is 8.88. The molecule has 1 atom stereocenters. The second kappa shape index (κ2) is 5.43. The maximum absolute atomic E-state index is 5.75. The Morgan fingerprint density at radius 3 is 2.83 bits per heavy atom. The number of rotatable bonds is 3. The smallest absolute Gasteiger partial charge is 0.0876 e. The minimum atomic E-state index is 0.140. The molecule has 0 bridgehead atoms. The summed E-state index contributed by atoms with van der Waals surface area (Å²) in [6, 6.07) is 2.49. The molecule has 2 heterocycles. The summed E-state index contributed by atoms with van der Waals surface area (Å²) < 4.78 is 5.44. The second-order valence-electron chi connectivity index (χ2n) is 5.07. The zero-order chi connectivity index (χ0) is 12.4. The molecule has 18 heavy (non-hydrogen) atoms. The molecule has 1 aliphatic heterocycles. The topological polar surface area (TPSA) is 47.3 Å². The molecule has 0 saturated carbocycles. The van der Waals surface area contributed by atoms with Crippen LogP contribution in [0.2, 0.25) is 0 Å². The lowest BCUT2D eigenvalue weighted by Crippen LogP contribution is -2.29. The van der Waals surface area contributed by atoms with E-state index in [4.69, 9.17) is 10.6 Å². The van der Waals surface area contributed by atoms with Gasteiger partial charge in [-0.15, -0.1) is 11.3 Å². The zero-order valence-corrected chi connectivity index (χ0v) is 11.4. The Hall–Kier alpha value is -0.840. The van der Waals surface area contributed by atoms with Crippen molar-refractivity contribution in [2.24, 2.45) is 5.84 Å². The van der Waals surface area contributed by atoms with Crippen molar-refractivity contribution in [1.29, 1.82) is 0 Å². The van der Waals surface area contributed by atoms with Gasteiger partial charge in [-0.05, 0) is 55.7 Å². The van der Waals surface area contributed by atoms with E-state index < -0.39 is 0 Å². The number of nitrogens with one attached hydrogen (secondary N) is 1. The van der Waals surface area contributed by atoms with Gasteiger partial charge in [0.1, 0.15) is 0 Å².